The predicted molar refractivity (Wildman–Crippen MR) is 74.8 cm³/mol. The lowest BCUT2D eigenvalue weighted by Crippen LogP contribution is -2.32. The molecule has 0 amide bonds. The van der Waals surface area contributed by atoms with Gasteiger partial charge in [-0.15, -0.1) is 0 Å². The number of hydrogen-bond donors (Lipinski definition) is 1. The van der Waals surface area contributed by atoms with E-state index in [2.05, 4.69) is 17.0 Å². The van der Waals surface area contributed by atoms with Crippen LogP contribution < -0.4 is 10.5 Å². The minimum Gasteiger partial charge on any atom is -0.497 e. The van der Waals surface area contributed by atoms with Gasteiger partial charge in [0.15, 0.2) is 0 Å². The van der Waals surface area contributed by atoms with E-state index in [-0.39, 0.29) is 6.04 Å². The summed E-state index contributed by atoms with van der Waals surface area (Å²) >= 11 is 0. The third-order valence-corrected chi connectivity index (χ3v) is 3.75. The van der Waals surface area contributed by atoms with Gasteiger partial charge in [0.2, 0.25) is 0 Å². The Kier molecular flexibility index (Phi) is 5.02. The van der Waals surface area contributed by atoms with E-state index in [0.29, 0.717) is 0 Å². The normalized spacial score (nSPS) is 18.6. The van der Waals surface area contributed by atoms with Crippen molar-refractivity contribution in [3.63, 3.8) is 0 Å². The number of piperidine rings is 1. The van der Waals surface area contributed by atoms with Crippen LogP contribution in [-0.4, -0.2) is 31.6 Å². The Labute approximate surface area is 110 Å². The van der Waals surface area contributed by atoms with Gasteiger partial charge in [-0.05, 0) is 56.6 Å². The van der Waals surface area contributed by atoms with Gasteiger partial charge in [0.25, 0.3) is 0 Å². The number of methoxy groups -OCH3 is 1. The number of benzene rings is 1. The van der Waals surface area contributed by atoms with E-state index in [9.17, 15) is 0 Å². The molecule has 1 aromatic rings. The Hall–Kier alpha value is -1.06. The number of hydrogen-bond acceptors (Lipinski definition) is 3. The number of nitrogens with two attached hydrogens (primary N) is 1. The van der Waals surface area contributed by atoms with E-state index in [0.717, 1.165) is 18.7 Å². The molecule has 1 saturated heterocycles. The predicted octanol–water partition coefficient (Wildman–Crippen LogP) is 2.57. The molecule has 0 bridgehead atoms. The lowest BCUT2D eigenvalue weighted by atomic mass is 10.0. The third kappa shape index (κ3) is 3.72. The maximum absolute atomic E-state index is 6.24. The molecule has 1 atom stereocenters. The monoisotopic (exact) mass is 248 g/mol. The SMILES string of the molecule is COc1ccc(C(N)CCN2CCCCC2)cc1. The van der Waals surface area contributed by atoms with E-state index in [1.807, 2.05) is 12.1 Å². The highest BCUT2D eigenvalue weighted by Gasteiger charge is 2.12. The Morgan fingerprint density at radius 3 is 2.44 bits per heavy atom. The number of nitrogens with zero attached hydrogens (tertiary/aromatic N) is 1. The fraction of sp³-hybridized carbons (Fsp3) is 0.600. The van der Waals surface area contributed by atoms with E-state index in [4.69, 9.17) is 10.5 Å². The van der Waals surface area contributed by atoms with Crippen LogP contribution in [0.25, 0.3) is 0 Å². The summed E-state index contributed by atoms with van der Waals surface area (Å²) < 4.78 is 5.16. The van der Waals surface area contributed by atoms with Gasteiger partial charge in [0, 0.05) is 6.04 Å². The fourth-order valence-corrected chi connectivity index (χ4v) is 2.52. The van der Waals surface area contributed by atoms with Crippen molar-refractivity contribution >= 4 is 0 Å². The van der Waals surface area contributed by atoms with Crippen LogP contribution in [0.4, 0.5) is 0 Å². The topological polar surface area (TPSA) is 38.5 Å². The van der Waals surface area contributed by atoms with Crippen LogP contribution in [0.1, 0.15) is 37.3 Å². The van der Waals surface area contributed by atoms with E-state index >= 15 is 0 Å². The lowest BCUT2D eigenvalue weighted by Gasteiger charge is -2.27. The molecule has 0 aromatic heterocycles. The molecule has 0 saturated carbocycles. The zero-order chi connectivity index (χ0) is 12.8. The number of rotatable bonds is 5. The first kappa shape index (κ1) is 13.4. The van der Waals surface area contributed by atoms with Gasteiger partial charge in [-0.3, -0.25) is 0 Å². The Morgan fingerprint density at radius 2 is 1.83 bits per heavy atom. The van der Waals surface area contributed by atoms with Crippen molar-refractivity contribution in [1.82, 2.24) is 4.90 Å². The van der Waals surface area contributed by atoms with Crippen molar-refractivity contribution < 1.29 is 4.74 Å². The second-order valence-electron chi connectivity index (χ2n) is 5.07. The van der Waals surface area contributed by atoms with Crippen LogP contribution in [0, 0.1) is 0 Å². The quantitative estimate of drug-likeness (QED) is 0.870. The average Bonchev–Trinajstić information content (AvgIpc) is 2.46. The van der Waals surface area contributed by atoms with Gasteiger partial charge in [0.05, 0.1) is 7.11 Å². The maximum Gasteiger partial charge on any atom is 0.118 e. The molecule has 2 rings (SSSR count). The number of ether oxygens (including phenoxy) is 1. The van der Waals surface area contributed by atoms with Crippen molar-refractivity contribution in [3.05, 3.63) is 29.8 Å². The van der Waals surface area contributed by atoms with Crippen LogP contribution in [0.2, 0.25) is 0 Å². The van der Waals surface area contributed by atoms with Gasteiger partial charge in [-0.25, -0.2) is 0 Å². The first-order chi connectivity index (χ1) is 8.79. The molecule has 1 heterocycles. The molecule has 1 aliphatic heterocycles. The summed E-state index contributed by atoms with van der Waals surface area (Å²) in [5, 5.41) is 0. The van der Waals surface area contributed by atoms with Crippen LogP contribution >= 0.6 is 0 Å². The fourth-order valence-electron chi connectivity index (χ4n) is 2.52. The van der Waals surface area contributed by atoms with E-state index in [1.54, 1.807) is 7.11 Å². The first-order valence-corrected chi connectivity index (χ1v) is 6.91. The molecular formula is C15H24N2O. The van der Waals surface area contributed by atoms with Crippen LogP contribution in [-0.2, 0) is 0 Å². The van der Waals surface area contributed by atoms with Gasteiger partial charge in [0.1, 0.15) is 5.75 Å². The smallest absolute Gasteiger partial charge is 0.118 e. The summed E-state index contributed by atoms with van der Waals surface area (Å²) in [7, 11) is 1.69. The Morgan fingerprint density at radius 1 is 1.17 bits per heavy atom. The first-order valence-electron chi connectivity index (χ1n) is 6.91. The van der Waals surface area contributed by atoms with Crippen LogP contribution in [0.15, 0.2) is 24.3 Å². The summed E-state index contributed by atoms with van der Waals surface area (Å²) in [6, 6.07) is 8.24. The summed E-state index contributed by atoms with van der Waals surface area (Å²) in [6.45, 7) is 3.61. The molecule has 0 aliphatic carbocycles. The molecule has 3 heteroatoms. The number of likely N-dealkylation sites (tertiary alicyclic amines) is 1. The van der Waals surface area contributed by atoms with Crippen molar-refractivity contribution in [3.8, 4) is 5.75 Å². The second kappa shape index (κ2) is 6.76. The molecule has 2 N–H and O–H groups in total. The van der Waals surface area contributed by atoms with Gasteiger partial charge in [-0.2, -0.15) is 0 Å². The van der Waals surface area contributed by atoms with Gasteiger partial charge in [-0.1, -0.05) is 18.6 Å². The van der Waals surface area contributed by atoms with Crippen molar-refractivity contribution in [2.45, 2.75) is 31.7 Å². The van der Waals surface area contributed by atoms with E-state index < -0.39 is 0 Å². The summed E-state index contributed by atoms with van der Waals surface area (Å²) in [5.74, 6) is 0.891. The summed E-state index contributed by atoms with van der Waals surface area (Å²) in [6.07, 6.45) is 5.11. The van der Waals surface area contributed by atoms with E-state index in [1.165, 1.54) is 37.9 Å². The summed E-state index contributed by atoms with van der Waals surface area (Å²) in [5.41, 5.74) is 7.44. The van der Waals surface area contributed by atoms with Gasteiger partial charge < -0.3 is 15.4 Å². The Bertz CT molecular complexity index is 344. The lowest BCUT2D eigenvalue weighted by molar-refractivity contribution is 0.221. The second-order valence-corrected chi connectivity index (χ2v) is 5.07. The molecule has 1 aromatic carbocycles. The molecule has 1 unspecified atom stereocenters. The molecule has 1 fully saturated rings. The summed E-state index contributed by atoms with van der Waals surface area (Å²) in [4.78, 5) is 2.53. The van der Waals surface area contributed by atoms with Gasteiger partial charge >= 0.3 is 0 Å². The zero-order valence-corrected chi connectivity index (χ0v) is 11.3. The zero-order valence-electron chi connectivity index (χ0n) is 11.3. The van der Waals surface area contributed by atoms with Crippen molar-refractivity contribution in [1.29, 1.82) is 0 Å². The molecule has 1 aliphatic rings. The maximum atomic E-state index is 6.24. The van der Waals surface area contributed by atoms with Crippen LogP contribution in [0.3, 0.4) is 0 Å². The van der Waals surface area contributed by atoms with Crippen LogP contribution in [0.5, 0.6) is 5.75 Å². The highest BCUT2D eigenvalue weighted by Crippen LogP contribution is 2.19. The highest BCUT2D eigenvalue weighted by atomic mass is 16.5. The molecule has 18 heavy (non-hydrogen) atoms. The molecular weight excluding hydrogens is 224 g/mol. The molecule has 0 radical (unpaired) electrons. The average molecular weight is 248 g/mol. The standard InChI is InChI=1S/C15H24N2O/c1-18-14-7-5-13(6-8-14)15(16)9-12-17-10-3-2-4-11-17/h5-8,15H,2-4,9-12,16H2,1H3. The largest absolute Gasteiger partial charge is 0.497 e. The van der Waals surface area contributed by atoms with Crippen molar-refractivity contribution in [2.24, 2.45) is 5.73 Å². The third-order valence-electron chi connectivity index (χ3n) is 3.75. The van der Waals surface area contributed by atoms with Crippen molar-refractivity contribution in [2.75, 3.05) is 26.7 Å². The molecule has 100 valence electrons. The minimum absolute atomic E-state index is 0.137. The minimum atomic E-state index is 0.137. The Balaban J connectivity index is 1.80. The molecule has 0 spiro atoms. The molecule has 3 nitrogen and oxygen atoms in total. The highest BCUT2D eigenvalue weighted by molar-refractivity contribution is 5.28.